The lowest BCUT2D eigenvalue weighted by atomic mass is 10.2. The first kappa shape index (κ1) is 6.81. The van der Waals surface area contributed by atoms with Gasteiger partial charge in [0, 0.05) is 6.61 Å². The maximum atomic E-state index is 5.39. The lowest BCUT2D eigenvalue weighted by molar-refractivity contribution is 0.145. The van der Waals surface area contributed by atoms with Gasteiger partial charge in [0.2, 0.25) is 0 Å². The summed E-state index contributed by atoms with van der Waals surface area (Å²) in [5.74, 6) is 0. The highest BCUT2D eigenvalue weighted by Crippen LogP contribution is 2.14. The second-order valence-corrected chi connectivity index (χ2v) is 2.80. The van der Waals surface area contributed by atoms with Crippen molar-refractivity contribution in [3.05, 3.63) is 11.6 Å². The van der Waals surface area contributed by atoms with E-state index in [9.17, 15) is 0 Å². The molecule has 0 amide bonds. The third-order valence-corrected chi connectivity index (χ3v) is 1.48. The highest BCUT2D eigenvalue weighted by Gasteiger charge is 2.11. The monoisotopic (exact) mass is 126 g/mol. The van der Waals surface area contributed by atoms with Crippen molar-refractivity contribution < 1.29 is 4.74 Å². The molecule has 0 bridgehead atoms. The Kier molecular flexibility index (Phi) is 2.29. The van der Waals surface area contributed by atoms with Crippen LogP contribution >= 0.6 is 0 Å². The number of rotatable bonds is 1. The summed E-state index contributed by atoms with van der Waals surface area (Å²) in [5, 5.41) is 0. The summed E-state index contributed by atoms with van der Waals surface area (Å²) < 4.78 is 5.39. The van der Waals surface area contributed by atoms with Crippen LogP contribution in [0.25, 0.3) is 0 Å². The van der Waals surface area contributed by atoms with Gasteiger partial charge in [-0.3, -0.25) is 0 Å². The highest BCUT2D eigenvalue weighted by atomic mass is 16.5. The molecule has 0 spiro atoms. The minimum absolute atomic E-state index is 0.426. The number of allylic oxidation sites excluding steroid dienone is 1. The van der Waals surface area contributed by atoms with Crippen molar-refractivity contribution in [2.45, 2.75) is 32.8 Å². The molecule has 0 aromatic carbocycles. The van der Waals surface area contributed by atoms with E-state index in [-0.39, 0.29) is 0 Å². The van der Waals surface area contributed by atoms with Crippen molar-refractivity contribution in [3.8, 4) is 0 Å². The topological polar surface area (TPSA) is 9.23 Å². The standard InChI is InChI=1S/C8H14O/c1-7(2)6-8-4-3-5-9-8/h6,8H,3-5H2,1-2H3. The molecule has 1 nitrogen and oxygen atoms in total. The van der Waals surface area contributed by atoms with Crippen LogP contribution in [-0.4, -0.2) is 12.7 Å². The minimum Gasteiger partial charge on any atom is -0.374 e. The molecule has 0 aromatic heterocycles. The quantitative estimate of drug-likeness (QED) is 0.489. The van der Waals surface area contributed by atoms with E-state index in [1.54, 1.807) is 0 Å². The molecule has 1 atom stereocenters. The van der Waals surface area contributed by atoms with Crippen LogP contribution in [0.1, 0.15) is 26.7 Å². The van der Waals surface area contributed by atoms with Crippen molar-refractivity contribution in [2.24, 2.45) is 0 Å². The zero-order valence-corrected chi connectivity index (χ0v) is 6.18. The maximum Gasteiger partial charge on any atom is 0.0759 e. The molecule has 0 saturated carbocycles. The van der Waals surface area contributed by atoms with Crippen molar-refractivity contribution in [1.82, 2.24) is 0 Å². The summed E-state index contributed by atoms with van der Waals surface area (Å²) in [6.07, 6.45) is 5.07. The van der Waals surface area contributed by atoms with Crippen LogP contribution in [0.15, 0.2) is 11.6 Å². The Hall–Kier alpha value is -0.300. The van der Waals surface area contributed by atoms with Crippen LogP contribution < -0.4 is 0 Å². The Labute approximate surface area is 56.7 Å². The van der Waals surface area contributed by atoms with Gasteiger partial charge in [-0.05, 0) is 26.7 Å². The predicted octanol–water partition coefficient (Wildman–Crippen LogP) is 2.13. The Bertz CT molecular complexity index is 106. The molecule has 9 heavy (non-hydrogen) atoms. The number of ether oxygens (including phenoxy) is 1. The summed E-state index contributed by atoms with van der Waals surface area (Å²) in [6, 6.07) is 0. The van der Waals surface area contributed by atoms with Crippen molar-refractivity contribution in [3.63, 3.8) is 0 Å². The molecular weight excluding hydrogens is 112 g/mol. The van der Waals surface area contributed by atoms with E-state index in [4.69, 9.17) is 4.74 Å². The molecule has 1 saturated heterocycles. The van der Waals surface area contributed by atoms with E-state index in [1.807, 2.05) is 0 Å². The second kappa shape index (κ2) is 3.02. The summed E-state index contributed by atoms with van der Waals surface area (Å²) in [5.41, 5.74) is 1.36. The molecule has 0 N–H and O–H groups in total. The summed E-state index contributed by atoms with van der Waals surface area (Å²) in [7, 11) is 0. The van der Waals surface area contributed by atoms with Gasteiger partial charge in [-0.1, -0.05) is 11.6 Å². The zero-order valence-electron chi connectivity index (χ0n) is 6.18. The predicted molar refractivity (Wildman–Crippen MR) is 38.4 cm³/mol. The van der Waals surface area contributed by atoms with Gasteiger partial charge < -0.3 is 4.74 Å². The van der Waals surface area contributed by atoms with E-state index in [0.29, 0.717) is 6.10 Å². The molecular formula is C8H14O. The average Bonchev–Trinajstić information content (AvgIpc) is 2.15. The van der Waals surface area contributed by atoms with E-state index in [0.717, 1.165) is 6.61 Å². The van der Waals surface area contributed by atoms with E-state index < -0.39 is 0 Å². The van der Waals surface area contributed by atoms with Gasteiger partial charge in [0.15, 0.2) is 0 Å². The average molecular weight is 126 g/mol. The van der Waals surface area contributed by atoms with Crippen LogP contribution in [-0.2, 0) is 4.74 Å². The third-order valence-electron chi connectivity index (χ3n) is 1.48. The van der Waals surface area contributed by atoms with Crippen LogP contribution in [0.4, 0.5) is 0 Å². The van der Waals surface area contributed by atoms with Crippen molar-refractivity contribution in [1.29, 1.82) is 0 Å². The van der Waals surface area contributed by atoms with Crippen LogP contribution in [0.5, 0.6) is 0 Å². The highest BCUT2D eigenvalue weighted by molar-refractivity contribution is 4.99. The summed E-state index contributed by atoms with van der Waals surface area (Å²) >= 11 is 0. The Morgan fingerprint density at radius 1 is 1.56 bits per heavy atom. The first-order valence-corrected chi connectivity index (χ1v) is 3.55. The van der Waals surface area contributed by atoms with Gasteiger partial charge >= 0.3 is 0 Å². The van der Waals surface area contributed by atoms with E-state index in [1.165, 1.54) is 18.4 Å². The van der Waals surface area contributed by atoms with E-state index in [2.05, 4.69) is 19.9 Å². The molecule has 1 heterocycles. The van der Waals surface area contributed by atoms with Crippen LogP contribution in [0.2, 0.25) is 0 Å². The molecule has 0 aliphatic carbocycles. The number of hydrogen-bond donors (Lipinski definition) is 0. The Morgan fingerprint density at radius 3 is 2.78 bits per heavy atom. The summed E-state index contributed by atoms with van der Waals surface area (Å²) in [6.45, 7) is 5.18. The SMILES string of the molecule is CC(C)=CC1CCCO1. The van der Waals surface area contributed by atoms with Crippen molar-refractivity contribution >= 4 is 0 Å². The normalized spacial score (nSPS) is 26.2. The maximum absolute atomic E-state index is 5.39. The molecule has 1 unspecified atom stereocenters. The first-order valence-electron chi connectivity index (χ1n) is 3.55. The number of hydrogen-bond acceptors (Lipinski definition) is 1. The van der Waals surface area contributed by atoms with Crippen LogP contribution in [0, 0.1) is 0 Å². The van der Waals surface area contributed by atoms with Gasteiger partial charge in [0.25, 0.3) is 0 Å². The molecule has 0 aromatic rings. The van der Waals surface area contributed by atoms with Gasteiger partial charge in [-0.15, -0.1) is 0 Å². The molecule has 1 fully saturated rings. The largest absolute Gasteiger partial charge is 0.374 e. The molecule has 0 radical (unpaired) electrons. The molecule has 1 rings (SSSR count). The van der Waals surface area contributed by atoms with Gasteiger partial charge in [-0.25, -0.2) is 0 Å². The van der Waals surface area contributed by atoms with Crippen molar-refractivity contribution in [2.75, 3.05) is 6.61 Å². The fourth-order valence-corrected chi connectivity index (χ4v) is 1.11. The van der Waals surface area contributed by atoms with Gasteiger partial charge in [0.05, 0.1) is 6.10 Å². The summed E-state index contributed by atoms with van der Waals surface area (Å²) in [4.78, 5) is 0. The lowest BCUT2D eigenvalue weighted by Gasteiger charge is -2.01. The Balaban J connectivity index is 2.35. The molecule has 52 valence electrons. The smallest absolute Gasteiger partial charge is 0.0759 e. The van der Waals surface area contributed by atoms with Gasteiger partial charge in [0.1, 0.15) is 0 Å². The lowest BCUT2D eigenvalue weighted by Crippen LogP contribution is -1.99. The minimum atomic E-state index is 0.426. The van der Waals surface area contributed by atoms with Gasteiger partial charge in [-0.2, -0.15) is 0 Å². The first-order chi connectivity index (χ1) is 4.29. The Morgan fingerprint density at radius 2 is 2.33 bits per heavy atom. The fourth-order valence-electron chi connectivity index (χ4n) is 1.11. The van der Waals surface area contributed by atoms with E-state index >= 15 is 0 Å². The molecule has 1 aliphatic heterocycles. The zero-order chi connectivity index (χ0) is 6.69. The fraction of sp³-hybridized carbons (Fsp3) is 0.750. The second-order valence-electron chi connectivity index (χ2n) is 2.80. The molecule has 1 heteroatoms. The third kappa shape index (κ3) is 2.19. The molecule has 1 aliphatic rings. The van der Waals surface area contributed by atoms with Crippen LogP contribution in [0.3, 0.4) is 0 Å².